The topological polar surface area (TPSA) is 81.9 Å². The summed E-state index contributed by atoms with van der Waals surface area (Å²) in [5, 5.41) is 1.31. The fourth-order valence-electron chi connectivity index (χ4n) is 2.72. The van der Waals surface area contributed by atoms with E-state index in [4.69, 9.17) is 15.3 Å². The quantitative estimate of drug-likeness (QED) is 0.473. The zero-order chi connectivity index (χ0) is 20.4. The lowest BCUT2D eigenvalue weighted by atomic mass is 10.0. The summed E-state index contributed by atoms with van der Waals surface area (Å²) < 4.78 is 5.18. The number of aryl methyl sites for hydroxylation is 1. The summed E-state index contributed by atoms with van der Waals surface area (Å²) in [6, 6.07) is 15.0. The smallest absolute Gasteiger partial charge is 0.246 e. The first-order chi connectivity index (χ1) is 13.5. The van der Waals surface area contributed by atoms with Crippen LogP contribution >= 0.6 is 0 Å². The zero-order valence-corrected chi connectivity index (χ0v) is 16.5. The largest absolute Gasteiger partial charge is 0.497 e. The van der Waals surface area contributed by atoms with E-state index in [1.54, 1.807) is 7.11 Å². The number of amides is 1. The molecule has 0 saturated carbocycles. The van der Waals surface area contributed by atoms with Crippen LogP contribution in [-0.2, 0) is 27.5 Å². The number of nitrogens with zero attached hydrogens (tertiary/aromatic N) is 1. The summed E-state index contributed by atoms with van der Waals surface area (Å²) in [5.74, 6) is 0.613. The molecule has 0 spiro atoms. The lowest BCUT2D eigenvalue weighted by molar-refractivity contribution is -0.190. The molecule has 6 heteroatoms. The Morgan fingerprint density at radius 2 is 1.75 bits per heavy atom. The number of anilines is 1. The van der Waals surface area contributed by atoms with Gasteiger partial charge in [0.1, 0.15) is 18.1 Å². The van der Waals surface area contributed by atoms with Gasteiger partial charge in [-0.1, -0.05) is 24.3 Å². The van der Waals surface area contributed by atoms with E-state index in [0.29, 0.717) is 25.1 Å². The molecule has 0 aromatic heterocycles. The molecular weight excluding hydrogens is 356 g/mol. The maximum Gasteiger partial charge on any atom is 0.246 e. The number of ketones is 1. The number of benzene rings is 2. The van der Waals surface area contributed by atoms with Crippen molar-refractivity contribution in [3.63, 3.8) is 0 Å². The molecule has 0 atom stereocenters. The van der Waals surface area contributed by atoms with E-state index >= 15 is 0 Å². The van der Waals surface area contributed by atoms with Gasteiger partial charge in [-0.3, -0.25) is 14.4 Å². The number of carbonyl (C=O) groups excluding carboxylic acids is 2. The van der Waals surface area contributed by atoms with Crippen LogP contribution in [0.5, 0.6) is 5.75 Å². The molecule has 2 aromatic rings. The van der Waals surface area contributed by atoms with Crippen LogP contribution < -0.4 is 10.5 Å². The Labute approximate surface area is 166 Å². The van der Waals surface area contributed by atoms with E-state index in [0.717, 1.165) is 16.9 Å². The number of nitrogens with two attached hydrogens (primary N) is 1. The second-order valence-electron chi connectivity index (χ2n) is 6.49. The van der Waals surface area contributed by atoms with E-state index in [1.165, 1.54) is 5.06 Å². The van der Waals surface area contributed by atoms with E-state index in [-0.39, 0.29) is 31.1 Å². The van der Waals surface area contributed by atoms with Gasteiger partial charge in [-0.25, -0.2) is 5.06 Å². The van der Waals surface area contributed by atoms with Crippen LogP contribution in [0.2, 0.25) is 0 Å². The number of hydrogen-bond donors (Lipinski definition) is 1. The summed E-state index contributed by atoms with van der Waals surface area (Å²) in [6.07, 6.45) is 1.42. The normalized spacial score (nSPS) is 10.5. The first-order valence-corrected chi connectivity index (χ1v) is 9.44. The standard InChI is InChI=1S/C22H28N2O4/c1-3-24(28-16-18-5-4-6-21(15-18)27-2)22(26)14-13-20(25)12-9-17-7-10-19(23)11-8-17/h4-8,10-11,15H,3,9,12-14,16,23H2,1-2H3. The Morgan fingerprint density at radius 3 is 2.43 bits per heavy atom. The fraction of sp³-hybridized carbons (Fsp3) is 0.364. The number of nitrogen functional groups attached to an aromatic ring is 1. The van der Waals surface area contributed by atoms with Crippen molar-refractivity contribution in [3.8, 4) is 5.75 Å². The Hall–Kier alpha value is -2.86. The lowest BCUT2D eigenvalue weighted by Crippen LogP contribution is -2.31. The highest BCUT2D eigenvalue weighted by molar-refractivity contribution is 5.84. The number of carbonyl (C=O) groups is 2. The predicted octanol–water partition coefficient (Wildman–Crippen LogP) is 3.54. The lowest BCUT2D eigenvalue weighted by Gasteiger charge is -2.20. The van der Waals surface area contributed by atoms with Gasteiger partial charge in [-0.15, -0.1) is 0 Å². The van der Waals surface area contributed by atoms with Crippen LogP contribution in [0.1, 0.15) is 37.3 Å². The van der Waals surface area contributed by atoms with E-state index in [9.17, 15) is 9.59 Å². The molecule has 0 radical (unpaired) electrons. The Kier molecular flexibility index (Phi) is 8.49. The minimum atomic E-state index is -0.189. The van der Waals surface area contributed by atoms with Gasteiger partial charge in [0.05, 0.1) is 7.11 Å². The second-order valence-corrected chi connectivity index (χ2v) is 6.49. The van der Waals surface area contributed by atoms with Crippen molar-refractivity contribution in [2.45, 2.75) is 39.2 Å². The number of rotatable bonds is 11. The molecule has 0 bridgehead atoms. The maximum atomic E-state index is 12.3. The van der Waals surface area contributed by atoms with Crippen molar-refractivity contribution in [2.75, 3.05) is 19.4 Å². The van der Waals surface area contributed by atoms with Gasteiger partial charge in [-0.05, 0) is 48.7 Å². The summed E-state index contributed by atoms with van der Waals surface area (Å²) in [6.45, 7) is 2.52. The average molecular weight is 384 g/mol. The molecule has 0 heterocycles. The highest BCUT2D eigenvalue weighted by atomic mass is 16.7. The van der Waals surface area contributed by atoms with Crippen molar-refractivity contribution in [2.24, 2.45) is 0 Å². The molecule has 6 nitrogen and oxygen atoms in total. The van der Waals surface area contributed by atoms with Crippen molar-refractivity contribution in [1.29, 1.82) is 0 Å². The molecular formula is C22H28N2O4. The average Bonchev–Trinajstić information content (AvgIpc) is 2.72. The van der Waals surface area contributed by atoms with Crippen molar-refractivity contribution < 1.29 is 19.2 Å². The number of hydroxylamine groups is 2. The Bertz CT molecular complexity index is 774. The molecule has 1 amide bonds. The van der Waals surface area contributed by atoms with Crippen LogP contribution in [-0.4, -0.2) is 30.4 Å². The van der Waals surface area contributed by atoms with Crippen molar-refractivity contribution in [1.82, 2.24) is 5.06 Å². The summed E-state index contributed by atoms with van der Waals surface area (Å²) >= 11 is 0. The third-order valence-corrected chi connectivity index (χ3v) is 4.38. The number of ether oxygens (including phenoxy) is 1. The zero-order valence-electron chi connectivity index (χ0n) is 16.5. The van der Waals surface area contributed by atoms with Crippen LogP contribution in [0.15, 0.2) is 48.5 Å². The van der Waals surface area contributed by atoms with Crippen LogP contribution in [0.25, 0.3) is 0 Å². The highest BCUT2D eigenvalue weighted by Crippen LogP contribution is 2.14. The molecule has 0 fully saturated rings. The van der Waals surface area contributed by atoms with E-state index < -0.39 is 0 Å². The van der Waals surface area contributed by atoms with Gasteiger partial charge >= 0.3 is 0 Å². The first kappa shape index (κ1) is 21.4. The van der Waals surface area contributed by atoms with Crippen LogP contribution in [0, 0.1) is 0 Å². The van der Waals surface area contributed by atoms with Crippen molar-refractivity contribution in [3.05, 3.63) is 59.7 Å². The third-order valence-electron chi connectivity index (χ3n) is 4.38. The first-order valence-electron chi connectivity index (χ1n) is 9.44. The molecule has 0 aliphatic heterocycles. The summed E-state index contributed by atoms with van der Waals surface area (Å²) in [5.41, 5.74) is 8.33. The van der Waals surface area contributed by atoms with Gasteiger partial charge in [-0.2, -0.15) is 0 Å². The van der Waals surface area contributed by atoms with Gasteiger partial charge in [0.2, 0.25) is 5.91 Å². The number of hydrogen-bond acceptors (Lipinski definition) is 5. The fourth-order valence-corrected chi connectivity index (χ4v) is 2.72. The van der Waals surface area contributed by atoms with Crippen LogP contribution in [0.3, 0.4) is 0 Å². The molecule has 0 unspecified atom stereocenters. The van der Waals surface area contributed by atoms with Crippen LogP contribution in [0.4, 0.5) is 5.69 Å². The van der Waals surface area contributed by atoms with Gasteiger partial charge < -0.3 is 10.5 Å². The third kappa shape index (κ3) is 7.04. The van der Waals surface area contributed by atoms with E-state index in [1.807, 2.05) is 55.5 Å². The molecule has 28 heavy (non-hydrogen) atoms. The highest BCUT2D eigenvalue weighted by Gasteiger charge is 2.15. The molecule has 2 rings (SSSR count). The minimum Gasteiger partial charge on any atom is -0.497 e. The summed E-state index contributed by atoms with van der Waals surface area (Å²) in [4.78, 5) is 30.1. The van der Waals surface area contributed by atoms with Gasteiger partial charge in [0.15, 0.2) is 0 Å². The Balaban J connectivity index is 1.74. The molecule has 150 valence electrons. The molecule has 2 aromatic carbocycles. The van der Waals surface area contributed by atoms with Gasteiger partial charge in [0.25, 0.3) is 0 Å². The SMILES string of the molecule is CCN(OCc1cccc(OC)c1)C(=O)CCC(=O)CCc1ccc(N)cc1. The molecule has 0 aliphatic rings. The summed E-state index contributed by atoms with van der Waals surface area (Å²) in [7, 11) is 1.60. The molecule has 0 aliphatic carbocycles. The second kappa shape index (κ2) is 11.1. The van der Waals surface area contributed by atoms with Crippen molar-refractivity contribution >= 4 is 17.4 Å². The van der Waals surface area contributed by atoms with E-state index in [2.05, 4.69) is 0 Å². The Morgan fingerprint density at radius 1 is 1.00 bits per heavy atom. The predicted molar refractivity (Wildman–Crippen MR) is 109 cm³/mol. The maximum absolute atomic E-state index is 12.3. The number of methoxy groups -OCH3 is 1. The molecule has 2 N–H and O–H groups in total. The number of Topliss-reactive ketones (excluding diaryl/α,β-unsaturated/α-hetero) is 1. The minimum absolute atomic E-state index is 0.0639. The molecule has 0 saturated heterocycles. The monoisotopic (exact) mass is 384 g/mol. The van der Waals surface area contributed by atoms with Gasteiger partial charge in [0, 0.05) is 31.5 Å².